The normalized spacial score (nSPS) is 15.9. The second-order valence-corrected chi connectivity index (χ2v) is 5.85. The van der Waals surface area contributed by atoms with E-state index in [1.165, 1.54) is 5.56 Å². The van der Waals surface area contributed by atoms with E-state index in [0.717, 1.165) is 47.2 Å². The fourth-order valence-corrected chi connectivity index (χ4v) is 3.02. The van der Waals surface area contributed by atoms with Gasteiger partial charge < -0.3 is 5.41 Å². The fourth-order valence-electron chi connectivity index (χ4n) is 3.02. The molecule has 1 saturated carbocycles. The molecule has 1 aromatic carbocycles. The number of H-pyrrole nitrogens is 1. The van der Waals surface area contributed by atoms with Crippen LogP contribution in [0.3, 0.4) is 0 Å². The number of aromatic amines is 1. The Balaban J connectivity index is 1.91. The standard InChI is InChI=1S/C17H17N5/c1-2-13-14-15(19-10-20-16(14)22-21-13)11-4-3-5-12(8-11)17(9-18)6-7-17/h3-5,8-10,18H,2,6-7H2,1H3,(H,19,20,21,22). The minimum absolute atomic E-state index is 0.0495. The summed E-state index contributed by atoms with van der Waals surface area (Å²) in [5, 5.41) is 16.0. The molecule has 1 aliphatic carbocycles. The van der Waals surface area contributed by atoms with Crippen LogP contribution in [-0.4, -0.2) is 26.4 Å². The molecule has 4 rings (SSSR count). The highest BCUT2D eigenvalue weighted by Crippen LogP contribution is 2.47. The highest BCUT2D eigenvalue weighted by atomic mass is 15.2. The van der Waals surface area contributed by atoms with E-state index in [4.69, 9.17) is 5.41 Å². The molecule has 2 N–H and O–H groups in total. The lowest BCUT2D eigenvalue weighted by atomic mass is 9.94. The third-order valence-corrected chi connectivity index (χ3v) is 4.54. The van der Waals surface area contributed by atoms with Crippen molar-refractivity contribution >= 4 is 17.2 Å². The minimum atomic E-state index is -0.0495. The summed E-state index contributed by atoms with van der Waals surface area (Å²) in [5.41, 5.74) is 4.90. The van der Waals surface area contributed by atoms with Gasteiger partial charge in [0.25, 0.3) is 0 Å². The van der Waals surface area contributed by atoms with Gasteiger partial charge in [-0.2, -0.15) is 5.10 Å². The molecule has 5 heteroatoms. The molecule has 2 aromatic heterocycles. The molecule has 0 aliphatic heterocycles. The van der Waals surface area contributed by atoms with Crippen molar-refractivity contribution in [1.82, 2.24) is 20.2 Å². The fraction of sp³-hybridized carbons (Fsp3) is 0.294. The molecule has 110 valence electrons. The van der Waals surface area contributed by atoms with Crippen LogP contribution in [0.5, 0.6) is 0 Å². The first-order chi connectivity index (χ1) is 10.8. The number of hydrogen-bond acceptors (Lipinski definition) is 4. The van der Waals surface area contributed by atoms with E-state index in [2.05, 4.69) is 45.3 Å². The summed E-state index contributed by atoms with van der Waals surface area (Å²) < 4.78 is 0. The van der Waals surface area contributed by atoms with Crippen molar-refractivity contribution in [2.75, 3.05) is 0 Å². The van der Waals surface area contributed by atoms with Crippen molar-refractivity contribution in [2.24, 2.45) is 0 Å². The van der Waals surface area contributed by atoms with Crippen molar-refractivity contribution in [3.63, 3.8) is 0 Å². The Hall–Kier alpha value is -2.56. The Kier molecular flexibility index (Phi) is 2.82. The van der Waals surface area contributed by atoms with Crippen LogP contribution in [0.15, 0.2) is 30.6 Å². The number of hydrogen-bond donors (Lipinski definition) is 2. The highest BCUT2D eigenvalue weighted by Gasteiger charge is 2.42. The van der Waals surface area contributed by atoms with E-state index in [9.17, 15) is 0 Å². The van der Waals surface area contributed by atoms with Crippen molar-refractivity contribution in [3.8, 4) is 11.3 Å². The molecule has 22 heavy (non-hydrogen) atoms. The molecule has 0 unspecified atom stereocenters. The van der Waals surface area contributed by atoms with Crippen LogP contribution >= 0.6 is 0 Å². The molecule has 0 radical (unpaired) electrons. The second kappa shape index (κ2) is 4.73. The van der Waals surface area contributed by atoms with E-state index < -0.39 is 0 Å². The second-order valence-electron chi connectivity index (χ2n) is 5.85. The molecule has 0 amide bonds. The van der Waals surface area contributed by atoms with Crippen LogP contribution < -0.4 is 0 Å². The van der Waals surface area contributed by atoms with E-state index in [1.54, 1.807) is 12.5 Å². The van der Waals surface area contributed by atoms with Gasteiger partial charge >= 0.3 is 0 Å². The van der Waals surface area contributed by atoms with Gasteiger partial charge in [-0.05, 0) is 30.9 Å². The zero-order valence-electron chi connectivity index (χ0n) is 12.4. The van der Waals surface area contributed by atoms with Gasteiger partial charge in [0, 0.05) is 17.2 Å². The monoisotopic (exact) mass is 291 g/mol. The summed E-state index contributed by atoms with van der Waals surface area (Å²) in [6.45, 7) is 2.08. The average Bonchev–Trinajstić information content (AvgIpc) is 3.27. The van der Waals surface area contributed by atoms with Gasteiger partial charge in [0.05, 0.1) is 16.8 Å². The number of nitrogens with zero attached hydrogens (tertiary/aromatic N) is 3. The van der Waals surface area contributed by atoms with Gasteiger partial charge in [-0.3, -0.25) is 5.10 Å². The van der Waals surface area contributed by atoms with Gasteiger partial charge in [0.1, 0.15) is 6.33 Å². The zero-order valence-corrected chi connectivity index (χ0v) is 12.4. The van der Waals surface area contributed by atoms with Crippen molar-refractivity contribution in [1.29, 1.82) is 5.41 Å². The predicted octanol–water partition coefficient (Wildman–Crippen LogP) is 3.26. The largest absolute Gasteiger partial charge is 0.312 e. The van der Waals surface area contributed by atoms with Crippen molar-refractivity contribution in [3.05, 3.63) is 41.9 Å². The van der Waals surface area contributed by atoms with Gasteiger partial charge in [0.15, 0.2) is 5.65 Å². The average molecular weight is 291 g/mol. The number of nitrogens with one attached hydrogen (secondary N) is 2. The van der Waals surface area contributed by atoms with Gasteiger partial charge in [-0.15, -0.1) is 0 Å². The van der Waals surface area contributed by atoms with Crippen molar-refractivity contribution < 1.29 is 0 Å². The SMILES string of the molecule is CCc1n[nH]c2ncnc(-c3cccc(C4(C=N)CC4)c3)c12. The summed E-state index contributed by atoms with van der Waals surface area (Å²) in [6, 6.07) is 8.38. The Labute approximate surface area is 128 Å². The summed E-state index contributed by atoms with van der Waals surface area (Å²) in [7, 11) is 0. The molecule has 0 bridgehead atoms. The summed E-state index contributed by atoms with van der Waals surface area (Å²) >= 11 is 0. The van der Waals surface area contributed by atoms with Gasteiger partial charge in [-0.25, -0.2) is 9.97 Å². The van der Waals surface area contributed by atoms with Crippen LogP contribution in [0.4, 0.5) is 0 Å². The quantitative estimate of drug-likeness (QED) is 0.724. The third-order valence-electron chi connectivity index (χ3n) is 4.54. The van der Waals surface area contributed by atoms with Crippen LogP contribution in [0.2, 0.25) is 0 Å². The predicted molar refractivity (Wildman–Crippen MR) is 86.2 cm³/mol. The highest BCUT2D eigenvalue weighted by molar-refractivity contribution is 5.92. The molecular weight excluding hydrogens is 274 g/mol. The maximum atomic E-state index is 7.69. The minimum Gasteiger partial charge on any atom is -0.312 e. The van der Waals surface area contributed by atoms with Crippen molar-refractivity contribution in [2.45, 2.75) is 31.6 Å². The Morgan fingerprint density at radius 2 is 2.18 bits per heavy atom. The molecule has 3 aromatic rings. The topological polar surface area (TPSA) is 78.3 Å². The number of aryl methyl sites for hydroxylation is 1. The maximum Gasteiger partial charge on any atom is 0.159 e. The van der Waals surface area contributed by atoms with Gasteiger partial charge in [-0.1, -0.05) is 25.1 Å². The molecule has 0 saturated heterocycles. The van der Waals surface area contributed by atoms with Crippen LogP contribution in [0.1, 0.15) is 31.0 Å². The molecule has 0 atom stereocenters. The summed E-state index contributed by atoms with van der Waals surface area (Å²) in [4.78, 5) is 8.77. The lowest BCUT2D eigenvalue weighted by molar-refractivity contribution is 0.965. The Bertz CT molecular complexity index is 860. The molecular formula is C17H17N5. The number of fused-ring (bicyclic) bond motifs is 1. The Morgan fingerprint density at radius 3 is 2.91 bits per heavy atom. The van der Waals surface area contributed by atoms with Crippen LogP contribution in [-0.2, 0) is 11.8 Å². The first-order valence-electron chi connectivity index (χ1n) is 7.58. The van der Waals surface area contributed by atoms with E-state index in [0.29, 0.717) is 0 Å². The smallest absolute Gasteiger partial charge is 0.159 e. The first-order valence-corrected chi connectivity index (χ1v) is 7.58. The zero-order chi connectivity index (χ0) is 15.2. The third kappa shape index (κ3) is 1.85. The van der Waals surface area contributed by atoms with E-state index in [1.807, 2.05) is 6.07 Å². The summed E-state index contributed by atoms with van der Waals surface area (Å²) in [6.07, 6.45) is 6.11. The molecule has 1 aliphatic rings. The number of rotatable bonds is 4. The molecule has 1 fully saturated rings. The van der Waals surface area contributed by atoms with E-state index in [-0.39, 0.29) is 5.41 Å². The van der Waals surface area contributed by atoms with Crippen LogP contribution in [0, 0.1) is 5.41 Å². The van der Waals surface area contributed by atoms with Crippen LogP contribution in [0.25, 0.3) is 22.3 Å². The maximum absolute atomic E-state index is 7.69. The summed E-state index contributed by atoms with van der Waals surface area (Å²) in [5.74, 6) is 0. The van der Waals surface area contributed by atoms with Gasteiger partial charge in [0.2, 0.25) is 0 Å². The number of benzene rings is 1. The Morgan fingerprint density at radius 1 is 1.32 bits per heavy atom. The molecule has 0 spiro atoms. The van der Waals surface area contributed by atoms with E-state index >= 15 is 0 Å². The lowest BCUT2D eigenvalue weighted by Crippen LogP contribution is -2.07. The molecule has 5 nitrogen and oxygen atoms in total. The lowest BCUT2D eigenvalue weighted by Gasteiger charge is -2.11. The number of aromatic nitrogens is 4. The first kappa shape index (κ1) is 13.1. The molecule has 2 heterocycles.